The second-order valence-corrected chi connectivity index (χ2v) is 6.86. The number of benzene rings is 2. The molecule has 2 aromatic carbocycles. The Kier molecular flexibility index (Phi) is 6.38. The molecule has 2 N–H and O–H groups in total. The molecule has 0 radical (unpaired) electrons. The maximum atomic E-state index is 12.0. The van der Waals surface area contributed by atoms with E-state index in [-0.39, 0.29) is 24.8 Å². The summed E-state index contributed by atoms with van der Waals surface area (Å²) in [4.78, 5) is 24.0. The molecule has 0 unspecified atom stereocenters. The van der Waals surface area contributed by atoms with Gasteiger partial charge >= 0.3 is 0 Å². The van der Waals surface area contributed by atoms with Crippen molar-refractivity contribution in [3.05, 3.63) is 82.5 Å². The van der Waals surface area contributed by atoms with Crippen molar-refractivity contribution in [1.29, 1.82) is 0 Å². The molecule has 0 spiro atoms. The normalized spacial score (nSPS) is 10.4. The van der Waals surface area contributed by atoms with Crippen molar-refractivity contribution in [2.75, 3.05) is 11.9 Å². The van der Waals surface area contributed by atoms with Crippen molar-refractivity contribution in [3.63, 3.8) is 0 Å². The second kappa shape index (κ2) is 9.14. The first-order chi connectivity index (χ1) is 13.1. The van der Waals surface area contributed by atoms with Crippen molar-refractivity contribution >= 4 is 33.6 Å². The molecule has 3 aromatic rings. The lowest BCUT2D eigenvalue weighted by Crippen LogP contribution is -2.27. The van der Waals surface area contributed by atoms with Crippen LogP contribution in [0.1, 0.15) is 22.3 Å². The van der Waals surface area contributed by atoms with E-state index in [1.165, 1.54) is 0 Å². The lowest BCUT2D eigenvalue weighted by molar-refractivity contribution is -0.116. The highest BCUT2D eigenvalue weighted by Crippen LogP contribution is 2.10. The first kappa shape index (κ1) is 18.8. The summed E-state index contributed by atoms with van der Waals surface area (Å²) in [6.45, 7) is 0.894. The molecule has 2 amide bonds. The number of aromatic nitrogens is 2. The maximum absolute atomic E-state index is 12.0. The number of carbonyl (C=O) groups is 2. The van der Waals surface area contributed by atoms with Gasteiger partial charge in [-0.25, -0.2) is 0 Å². The Morgan fingerprint density at radius 2 is 1.74 bits per heavy atom. The number of anilines is 1. The molecular formula is C20H19BrN4O2. The minimum Gasteiger partial charge on any atom is -0.352 e. The summed E-state index contributed by atoms with van der Waals surface area (Å²) < 4.78 is 2.67. The second-order valence-electron chi connectivity index (χ2n) is 5.95. The first-order valence-electron chi connectivity index (χ1n) is 8.51. The molecule has 0 aliphatic heterocycles. The molecule has 0 atom stereocenters. The van der Waals surface area contributed by atoms with Gasteiger partial charge in [-0.2, -0.15) is 5.10 Å². The third-order valence-corrected chi connectivity index (χ3v) is 4.37. The average Bonchev–Trinajstić information content (AvgIpc) is 3.09. The Bertz CT molecular complexity index is 907. The van der Waals surface area contributed by atoms with Gasteiger partial charge in [0.2, 0.25) is 5.91 Å². The quantitative estimate of drug-likeness (QED) is 0.607. The SMILES string of the molecule is O=C(CCNC(=O)c1ccc(Br)cc1)Nc1ccn(Cc2ccccc2)n1. The van der Waals surface area contributed by atoms with E-state index in [1.807, 2.05) is 36.5 Å². The summed E-state index contributed by atoms with van der Waals surface area (Å²) >= 11 is 3.33. The summed E-state index contributed by atoms with van der Waals surface area (Å²) in [5.74, 6) is 0.0914. The van der Waals surface area contributed by atoms with Crippen molar-refractivity contribution in [2.24, 2.45) is 0 Å². The zero-order valence-corrected chi connectivity index (χ0v) is 16.1. The number of nitrogens with zero attached hydrogens (tertiary/aromatic N) is 2. The van der Waals surface area contributed by atoms with Gasteiger partial charge in [0.25, 0.3) is 5.91 Å². The number of hydrogen-bond acceptors (Lipinski definition) is 3. The van der Waals surface area contributed by atoms with Crippen LogP contribution in [-0.4, -0.2) is 28.1 Å². The Balaban J connectivity index is 1.43. The standard InChI is InChI=1S/C20H19BrN4O2/c21-17-8-6-16(7-9-17)20(27)22-12-10-19(26)23-18-11-13-25(24-18)14-15-4-2-1-3-5-15/h1-9,11,13H,10,12,14H2,(H,22,27)(H,23,24,26). The lowest BCUT2D eigenvalue weighted by Gasteiger charge is -2.06. The van der Waals surface area contributed by atoms with Crippen molar-refractivity contribution < 1.29 is 9.59 Å². The zero-order chi connectivity index (χ0) is 19.1. The summed E-state index contributed by atoms with van der Waals surface area (Å²) in [5, 5.41) is 9.81. The van der Waals surface area contributed by atoms with Crippen LogP contribution in [0.2, 0.25) is 0 Å². The molecule has 3 rings (SSSR count). The summed E-state index contributed by atoms with van der Waals surface area (Å²) in [7, 11) is 0. The van der Waals surface area contributed by atoms with Crippen LogP contribution < -0.4 is 10.6 Å². The van der Waals surface area contributed by atoms with E-state index in [2.05, 4.69) is 31.7 Å². The van der Waals surface area contributed by atoms with Crippen LogP contribution in [0.3, 0.4) is 0 Å². The summed E-state index contributed by atoms with van der Waals surface area (Å²) in [6, 6.07) is 18.8. The van der Waals surface area contributed by atoms with Crippen molar-refractivity contribution in [1.82, 2.24) is 15.1 Å². The van der Waals surface area contributed by atoms with Gasteiger partial charge in [-0.3, -0.25) is 14.3 Å². The fraction of sp³-hybridized carbons (Fsp3) is 0.150. The summed E-state index contributed by atoms with van der Waals surface area (Å²) in [6.07, 6.45) is 1.99. The molecule has 1 aromatic heterocycles. The predicted molar refractivity (Wildman–Crippen MR) is 107 cm³/mol. The van der Waals surface area contributed by atoms with E-state index >= 15 is 0 Å². The number of carbonyl (C=O) groups excluding carboxylic acids is 2. The van der Waals surface area contributed by atoms with Crippen LogP contribution in [0, 0.1) is 0 Å². The van der Waals surface area contributed by atoms with Gasteiger partial charge in [0.15, 0.2) is 5.82 Å². The largest absolute Gasteiger partial charge is 0.352 e. The minimum atomic E-state index is -0.206. The Morgan fingerprint density at radius 1 is 1.00 bits per heavy atom. The van der Waals surface area contributed by atoms with Gasteiger partial charge in [-0.1, -0.05) is 46.3 Å². The Morgan fingerprint density at radius 3 is 2.48 bits per heavy atom. The molecule has 0 saturated heterocycles. The van der Waals surface area contributed by atoms with E-state index in [0.29, 0.717) is 17.9 Å². The van der Waals surface area contributed by atoms with Crippen LogP contribution in [0.5, 0.6) is 0 Å². The highest BCUT2D eigenvalue weighted by molar-refractivity contribution is 9.10. The molecule has 0 saturated carbocycles. The topological polar surface area (TPSA) is 76.0 Å². The third kappa shape index (κ3) is 5.79. The monoisotopic (exact) mass is 426 g/mol. The number of hydrogen-bond donors (Lipinski definition) is 2. The van der Waals surface area contributed by atoms with E-state index in [1.54, 1.807) is 35.0 Å². The van der Waals surface area contributed by atoms with E-state index < -0.39 is 0 Å². The Hall–Kier alpha value is -2.93. The van der Waals surface area contributed by atoms with Gasteiger partial charge in [0.05, 0.1) is 6.54 Å². The van der Waals surface area contributed by atoms with Crippen LogP contribution in [0.4, 0.5) is 5.82 Å². The molecule has 0 aliphatic rings. The molecular weight excluding hydrogens is 408 g/mol. The highest BCUT2D eigenvalue weighted by Gasteiger charge is 2.08. The lowest BCUT2D eigenvalue weighted by atomic mass is 10.2. The fourth-order valence-electron chi connectivity index (χ4n) is 2.49. The number of nitrogens with one attached hydrogen (secondary N) is 2. The van der Waals surface area contributed by atoms with Crippen LogP contribution in [-0.2, 0) is 11.3 Å². The smallest absolute Gasteiger partial charge is 0.251 e. The van der Waals surface area contributed by atoms with E-state index in [9.17, 15) is 9.59 Å². The molecule has 7 heteroatoms. The van der Waals surface area contributed by atoms with Gasteiger partial charge in [0, 0.05) is 35.3 Å². The van der Waals surface area contributed by atoms with Crippen LogP contribution >= 0.6 is 15.9 Å². The fourth-order valence-corrected chi connectivity index (χ4v) is 2.75. The van der Waals surface area contributed by atoms with E-state index in [4.69, 9.17) is 0 Å². The maximum Gasteiger partial charge on any atom is 0.251 e. The highest BCUT2D eigenvalue weighted by atomic mass is 79.9. The van der Waals surface area contributed by atoms with Crippen LogP contribution in [0.15, 0.2) is 71.3 Å². The van der Waals surface area contributed by atoms with Gasteiger partial charge in [-0.15, -0.1) is 0 Å². The van der Waals surface area contributed by atoms with Crippen molar-refractivity contribution in [2.45, 2.75) is 13.0 Å². The predicted octanol–water partition coefficient (Wildman–Crippen LogP) is 3.45. The average molecular weight is 427 g/mol. The molecule has 138 valence electrons. The number of amides is 2. The van der Waals surface area contributed by atoms with Gasteiger partial charge < -0.3 is 10.6 Å². The molecule has 0 bridgehead atoms. The number of rotatable bonds is 7. The molecule has 27 heavy (non-hydrogen) atoms. The van der Waals surface area contributed by atoms with Crippen molar-refractivity contribution in [3.8, 4) is 0 Å². The van der Waals surface area contributed by atoms with Gasteiger partial charge in [0.1, 0.15) is 0 Å². The first-order valence-corrected chi connectivity index (χ1v) is 9.30. The molecule has 0 fully saturated rings. The molecule has 6 nitrogen and oxygen atoms in total. The minimum absolute atomic E-state index is 0.174. The molecule has 1 heterocycles. The Labute approximate surface area is 165 Å². The summed E-state index contributed by atoms with van der Waals surface area (Å²) in [5.41, 5.74) is 1.69. The molecule has 0 aliphatic carbocycles. The third-order valence-electron chi connectivity index (χ3n) is 3.84. The number of halogens is 1. The van der Waals surface area contributed by atoms with E-state index in [0.717, 1.165) is 10.0 Å². The van der Waals surface area contributed by atoms with Gasteiger partial charge in [-0.05, 0) is 29.8 Å². The van der Waals surface area contributed by atoms with Crippen LogP contribution in [0.25, 0.3) is 0 Å². The zero-order valence-electron chi connectivity index (χ0n) is 14.6.